The fraction of sp³-hybridized carbons (Fsp3) is 0.526. The van der Waals surface area contributed by atoms with Gasteiger partial charge in [-0.2, -0.15) is 0 Å². The Morgan fingerprint density at radius 1 is 1.23 bits per heavy atom. The number of aliphatic hydroxyl groups excluding tert-OH is 1. The summed E-state index contributed by atoms with van der Waals surface area (Å²) in [6.07, 6.45) is 5.62. The minimum absolute atomic E-state index is 0.0593. The summed E-state index contributed by atoms with van der Waals surface area (Å²) in [5, 5.41) is 17.2. The van der Waals surface area contributed by atoms with Gasteiger partial charge >= 0.3 is 0 Å². The van der Waals surface area contributed by atoms with Crippen molar-refractivity contribution in [1.29, 1.82) is 0 Å². The fourth-order valence-corrected chi connectivity index (χ4v) is 5.04. The van der Waals surface area contributed by atoms with Gasteiger partial charge in [0.2, 0.25) is 0 Å². The number of amides is 1. The van der Waals surface area contributed by atoms with Crippen molar-refractivity contribution in [3.8, 4) is 5.69 Å². The molecule has 5 rings (SSSR count). The van der Waals surface area contributed by atoms with Gasteiger partial charge in [0.1, 0.15) is 5.69 Å². The van der Waals surface area contributed by atoms with Crippen LogP contribution in [0.1, 0.15) is 35.3 Å². The Balaban J connectivity index is 1.41. The Labute approximate surface area is 152 Å². The number of rotatable bonds is 3. The number of carbonyl (C=O) groups excluding carboxylic acids is 1. The lowest BCUT2D eigenvalue weighted by Crippen LogP contribution is -2.56. The molecule has 26 heavy (non-hydrogen) atoms. The van der Waals surface area contributed by atoms with E-state index in [0.717, 1.165) is 31.6 Å². The van der Waals surface area contributed by atoms with Gasteiger partial charge in [-0.15, -0.1) is 5.10 Å². The highest BCUT2D eigenvalue weighted by Gasteiger charge is 2.48. The summed E-state index contributed by atoms with van der Waals surface area (Å²) >= 11 is 0. The van der Waals surface area contributed by atoms with Crippen molar-refractivity contribution in [3.05, 3.63) is 41.7 Å². The second-order valence-corrected chi connectivity index (χ2v) is 7.61. The maximum atomic E-state index is 13.3. The van der Waals surface area contributed by atoms with E-state index in [1.165, 1.54) is 19.3 Å². The van der Waals surface area contributed by atoms with E-state index in [0.29, 0.717) is 23.0 Å². The van der Waals surface area contributed by atoms with Crippen molar-refractivity contribution in [3.63, 3.8) is 0 Å². The van der Waals surface area contributed by atoms with Crippen LogP contribution in [0.2, 0.25) is 0 Å². The van der Waals surface area contributed by atoms with Crippen LogP contribution in [0, 0.1) is 5.92 Å². The molecule has 7 nitrogen and oxygen atoms in total. The van der Waals surface area contributed by atoms with E-state index in [9.17, 15) is 9.90 Å². The van der Waals surface area contributed by atoms with Gasteiger partial charge in [0.25, 0.3) is 5.91 Å². The molecular formula is C19H23N5O2. The largest absolute Gasteiger partial charge is 0.390 e. The summed E-state index contributed by atoms with van der Waals surface area (Å²) in [7, 11) is 0. The van der Waals surface area contributed by atoms with E-state index in [1.807, 2.05) is 29.2 Å². The SMILES string of the molecule is O=C(c1ccccc1-n1cc(CO)nn1)N1CCN2[C@H]3CC[C@H](C3)[C@H]2C1. The highest BCUT2D eigenvalue weighted by molar-refractivity contribution is 5.97. The molecule has 0 radical (unpaired) electrons. The van der Waals surface area contributed by atoms with E-state index in [2.05, 4.69) is 15.2 Å². The number of aliphatic hydroxyl groups is 1. The predicted molar refractivity (Wildman–Crippen MR) is 94.8 cm³/mol. The number of benzene rings is 1. The number of piperidine rings is 1. The number of fused-ring (bicyclic) bond motifs is 5. The quantitative estimate of drug-likeness (QED) is 0.893. The molecule has 3 aliphatic rings. The van der Waals surface area contributed by atoms with Crippen molar-refractivity contribution in [1.82, 2.24) is 24.8 Å². The smallest absolute Gasteiger partial charge is 0.256 e. The van der Waals surface area contributed by atoms with Gasteiger partial charge < -0.3 is 10.0 Å². The highest BCUT2D eigenvalue weighted by atomic mass is 16.3. The summed E-state index contributed by atoms with van der Waals surface area (Å²) in [5.41, 5.74) is 1.83. The first-order chi connectivity index (χ1) is 12.7. The molecule has 2 aromatic rings. The molecule has 2 saturated heterocycles. The molecule has 2 bridgehead atoms. The second kappa shape index (κ2) is 6.17. The number of nitrogens with zero attached hydrogens (tertiary/aromatic N) is 5. The predicted octanol–water partition coefficient (Wildman–Crippen LogP) is 1.07. The molecule has 1 aromatic carbocycles. The number of hydrogen-bond acceptors (Lipinski definition) is 5. The third kappa shape index (κ3) is 2.46. The lowest BCUT2D eigenvalue weighted by molar-refractivity contribution is 0.0343. The molecule has 0 spiro atoms. The van der Waals surface area contributed by atoms with Crippen molar-refractivity contribution in [2.45, 2.75) is 38.0 Å². The van der Waals surface area contributed by atoms with Crippen molar-refractivity contribution >= 4 is 5.91 Å². The van der Waals surface area contributed by atoms with Gasteiger partial charge in [-0.1, -0.05) is 17.3 Å². The average molecular weight is 353 g/mol. The molecule has 3 atom stereocenters. The molecule has 1 aliphatic carbocycles. The number of para-hydroxylation sites is 1. The van der Waals surface area contributed by atoms with Crippen molar-refractivity contribution < 1.29 is 9.90 Å². The van der Waals surface area contributed by atoms with Crippen LogP contribution in [0.4, 0.5) is 0 Å². The summed E-state index contributed by atoms with van der Waals surface area (Å²) < 4.78 is 1.58. The standard InChI is InChI=1S/C19H23N5O2/c25-12-14-10-24(21-20-14)17-4-2-1-3-16(17)19(26)22-7-8-23-15-6-5-13(9-15)18(23)11-22/h1-4,10,13,15,18,25H,5-9,11-12H2/t13-,15+,18-/m1/s1. The van der Waals surface area contributed by atoms with Crippen LogP contribution in [0.25, 0.3) is 5.69 Å². The first-order valence-electron chi connectivity index (χ1n) is 9.41. The first kappa shape index (κ1) is 16.0. The highest BCUT2D eigenvalue weighted by Crippen LogP contribution is 2.43. The van der Waals surface area contributed by atoms with E-state index < -0.39 is 0 Å². The summed E-state index contributed by atoms with van der Waals surface area (Å²) in [4.78, 5) is 17.9. The molecule has 1 N–H and O–H groups in total. The molecule has 3 heterocycles. The lowest BCUT2D eigenvalue weighted by Gasteiger charge is -2.43. The second-order valence-electron chi connectivity index (χ2n) is 7.61. The number of aromatic nitrogens is 3. The van der Waals surface area contributed by atoms with Gasteiger partial charge in [0, 0.05) is 31.7 Å². The Hall–Kier alpha value is -2.25. The maximum Gasteiger partial charge on any atom is 0.256 e. The van der Waals surface area contributed by atoms with E-state index in [-0.39, 0.29) is 12.5 Å². The third-order valence-electron chi connectivity index (χ3n) is 6.29. The summed E-state index contributed by atoms with van der Waals surface area (Å²) in [6, 6.07) is 8.78. The molecule has 2 aliphatic heterocycles. The maximum absolute atomic E-state index is 13.3. The van der Waals surface area contributed by atoms with E-state index in [1.54, 1.807) is 10.9 Å². The monoisotopic (exact) mass is 353 g/mol. The molecular weight excluding hydrogens is 330 g/mol. The summed E-state index contributed by atoms with van der Waals surface area (Å²) in [6.45, 7) is 2.43. The van der Waals surface area contributed by atoms with Crippen LogP contribution in [0.3, 0.4) is 0 Å². The zero-order valence-electron chi connectivity index (χ0n) is 14.7. The minimum atomic E-state index is -0.164. The Morgan fingerprint density at radius 2 is 2.12 bits per heavy atom. The van der Waals surface area contributed by atoms with Crippen LogP contribution in [-0.4, -0.2) is 67.5 Å². The van der Waals surface area contributed by atoms with Crippen molar-refractivity contribution in [2.75, 3.05) is 19.6 Å². The Bertz CT molecular complexity index is 835. The van der Waals surface area contributed by atoms with Crippen LogP contribution in [0.5, 0.6) is 0 Å². The van der Waals surface area contributed by atoms with E-state index in [4.69, 9.17) is 0 Å². The molecule has 1 saturated carbocycles. The number of hydrogen-bond donors (Lipinski definition) is 1. The lowest BCUT2D eigenvalue weighted by atomic mass is 9.96. The average Bonchev–Trinajstić information content (AvgIpc) is 3.43. The number of piperazine rings is 1. The van der Waals surface area contributed by atoms with Gasteiger partial charge in [-0.05, 0) is 37.3 Å². The fourth-order valence-electron chi connectivity index (χ4n) is 5.04. The topological polar surface area (TPSA) is 74.5 Å². The molecule has 136 valence electrons. The molecule has 7 heteroatoms. The van der Waals surface area contributed by atoms with Gasteiger partial charge in [0.15, 0.2) is 0 Å². The van der Waals surface area contributed by atoms with Gasteiger partial charge in [0.05, 0.1) is 24.1 Å². The minimum Gasteiger partial charge on any atom is -0.390 e. The van der Waals surface area contributed by atoms with Gasteiger partial charge in [-0.25, -0.2) is 4.68 Å². The zero-order chi connectivity index (χ0) is 17.7. The number of carbonyl (C=O) groups is 1. The van der Waals surface area contributed by atoms with Gasteiger partial charge in [-0.3, -0.25) is 9.69 Å². The van der Waals surface area contributed by atoms with Crippen LogP contribution in [-0.2, 0) is 6.61 Å². The molecule has 0 unspecified atom stereocenters. The Kier molecular flexibility index (Phi) is 3.79. The summed E-state index contributed by atoms with van der Waals surface area (Å²) in [5.74, 6) is 0.817. The molecule has 1 aromatic heterocycles. The third-order valence-corrected chi connectivity index (χ3v) is 6.29. The van der Waals surface area contributed by atoms with Crippen LogP contribution < -0.4 is 0 Å². The van der Waals surface area contributed by atoms with Crippen LogP contribution in [0.15, 0.2) is 30.5 Å². The van der Waals surface area contributed by atoms with E-state index >= 15 is 0 Å². The van der Waals surface area contributed by atoms with Crippen LogP contribution >= 0.6 is 0 Å². The Morgan fingerprint density at radius 3 is 2.96 bits per heavy atom. The zero-order valence-corrected chi connectivity index (χ0v) is 14.7. The van der Waals surface area contributed by atoms with Crippen molar-refractivity contribution in [2.24, 2.45) is 5.92 Å². The first-order valence-corrected chi connectivity index (χ1v) is 9.41. The molecule has 3 fully saturated rings. The normalized spacial score (nSPS) is 27.7. The molecule has 1 amide bonds.